The minimum atomic E-state index is -3.11. The van der Waals surface area contributed by atoms with Gasteiger partial charge in [-0.25, -0.2) is 0 Å². The fourth-order valence-electron chi connectivity index (χ4n) is 7.58. The third kappa shape index (κ3) is 11.8. The first kappa shape index (κ1) is 44.4. The van der Waals surface area contributed by atoms with Crippen LogP contribution in [-0.2, 0) is 25.2 Å². The van der Waals surface area contributed by atoms with Gasteiger partial charge in [0.2, 0.25) is 0 Å². The molecule has 6 nitrogen and oxygen atoms in total. The van der Waals surface area contributed by atoms with Crippen molar-refractivity contribution in [2.75, 3.05) is 27.6 Å². The number of methoxy groups -OCH3 is 2. The Balaban J connectivity index is 2.14. The van der Waals surface area contributed by atoms with Crippen molar-refractivity contribution in [3.8, 4) is 5.75 Å². The molecule has 0 aliphatic heterocycles. The zero-order valence-corrected chi connectivity index (χ0v) is 37.3. The van der Waals surface area contributed by atoms with Gasteiger partial charge in [0.05, 0.1) is 0 Å². The first-order chi connectivity index (χ1) is 25.0. The molecule has 0 aromatic heterocycles. The molecule has 0 saturated heterocycles. The quantitative estimate of drug-likeness (QED) is 0.0678. The number of aliphatic hydroxyl groups excluding tert-OH is 1. The van der Waals surface area contributed by atoms with Crippen LogP contribution in [0.5, 0.6) is 5.75 Å². The maximum atomic E-state index is 12.7. The van der Waals surface area contributed by atoms with Crippen molar-refractivity contribution >= 4 is 37.1 Å². The van der Waals surface area contributed by atoms with E-state index < -0.39 is 45.0 Å². The van der Waals surface area contributed by atoms with Gasteiger partial charge in [-0.15, -0.1) is 0 Å². The van der Waals surface area contributed by atoms with Crippen LogP contribution >= 0.6 is 0 Å². The van der Waals surface area contributed by atoms with Crippen molar-refractivity contribution in [3.05, 3.63) is 101 Å². The van der Waals surface area contributed by atoms with Crippen molar-refractivity contribution in [2.24, 2.45) is 0 Å². The number of benzene rings is 3. The van der Waals surface area contributed by atoms with Gasteiger partial charge in [0.25, 0.3) is 0 Å². The molecule has 3 rings (SSSR count). The number of ether oxygens (including phenoxy) is 4. The summed E-state index contributed by atoms with van der Waals surface area (Å²) in [6, 6.07) is 29.1. The molecule has 3 aromatic carbocycles. The molecule has 0 bridgehead atoms. The van der Waals surface area contributed by atoms with Gasteiger partial charge in [-0.3, -0.25) is 0 Å². The molecule has 52 heavy (non-hydrogen) atoms. The fourth-order valence-corrected chi connectivity index (χ4v) is 28.3. The van der Waals surface area contributed by atoms with Crippen LogP contribution in [-0.4, -0.2) is 77.7 Å². The van der Waals surface area contributed by atoms with Crippen LogP contribution in [0, 0.1) is 0 Å². The predicted octanol–water partition coefficient (Wildman–Crippen LogP) is 9.45. The Bertz CT molecular complexity index is 1350. The molecule has 0 aliphatic rings. The van der Waals surface area contributed by atoms with Gasteiger partial charge in [-0.2, -0.15) is 0 Å². The Hall–Kier alpha value is -1.98. The average Bonchev–Trinajstić information content (AvgIpc) is 3.16. The maximum absolute atomic E-state index is 12.7. The number of aliphatic hydroxyl groups is 1. The van der Waals surface area contributed by atoms with E-state index in [2.05, 4.69) is 102 Å². The molecular formula is C44H68O6SiSn. The standard InChI is InChI=1S/C32H41O6Si.3C4H9.Sn/c1-7-29(37-24-34-5)31(33)30(36-22-25-18-20-26(35-6)21-19-25)23-38-39(32(2,3)4,27-14-10-8-11-15-27)28-16-12-9-13-17-28;3*1-3-4-2;/h8-21,29-31,33H,1,22-24H2,2-6H3;3*1,3-4H2,2H3;/t29-,30-,31-;;;;/m0..../s1. The zero-order valence-electron chi connectivity index (χ0n) is 33.5. The van der Waals surface area contributed by atoms with Gasteiger partial charge >= 0.3 is 323 Å². The number of rotatable bonds is 25. The Morgan fingerprint density at radius 3 is 1.67 bits per heavy atom. The van der Waals surface area contributed by atoms with Crippen molar-refractivity contribution < 1.29 is 28.5 Å². The van der Waals surface area contributed by atoms with Crippen molar-refractivity contribution in [2.45, 2.75) is 123 Å². The molecule has 3 atom stereocenters. The van der Waals surface area contributed by atoms with Gasteiger partial charge < -0.3 is 0 Å². The Kier molecular flexibility index (Phi) is 19.1. The second kappa shape index (κ2) is 22.4. The van der Waals surface area contributed by atoms with Crippen LogP contribution in [0.3, 0.4) is 0 Å². The molecule has 1 N–H and O–H groups in total. The van der Waals surface area contributed by atoms with Gasteiger partial charge in [0.15, 0.2) is 0 Å². The Morgan fingerprint density at radius 2 is 1.25 bits per heavy atom. The second-order valence-electron chi connectivity index (χ2n) is 15.3. The summed E-state index contributed by atoms with van der Waals surface area (Å²) in [5, 5.41) is 14.8. The molecule has 0 unspecified atom stereocenters. The first-order valence-electron chi connectivity index (χ1n) is 19.5. The molecule has 0 amide bonds. The summed E-state index contributed by atoms with van der Waals surface area (Å²) in [5.41, 5.74) is 0.985. The van der Waals surface area contributed by atoms with E-state index in [1.165, 1.54) is 42.9 Å². The fraction of sp³-hybridized carbons (Fsp3) is 0.545. The third-order valence-electron chi connectivity index (χ3n) is 10.6. The molecule has 0 fully saturated rings. The van der Waals surface area contributed by atoms with E-state index in [0.717, 1.165) is 34.2 Å². The van der Waals surface area contributed by atoms with Gasteiger partial charge in [-0.1, -0.05) is 0 Å². The minimum absolute atomic E-state index is 0.0682. The third-order valence-corrected chi connectivity index (χ3v) is 31.5. The molecule has 0 heterocycles. The van der Waals surface area contributed by atoms with E-state index in [9.17, 15) is 5.11 Å². The topological polar surface area (TPSA) is 66.4 Å². The van der Waals surface area contributed by atoms with Crippen LogP contribution in [0.1, 0.15) is 85.6 Å². The van der Waals surface area contributed by atoms with E-state index in [1.807, 2.05) is 24.3 Å². The molecule has 288 valence electrons. The van der Waals surface area contributed by atoms with Crippen LogP contribution in [0.4, 0.5) is 0 Å². The van der Waals surface area contributed by atoms with E-state index in [0.29, 0.717) is 6.61 Å². The van der Waals surface area contributed by atoms with E-state index in [4.69, 9.17) is 30.0 Å². The molecule has 8 heteroatoms. The van der Waals surface area contributed by atoms with Crippen LogP contribution in [0.25, 0.3) is 0 Å². The van der Waals surface area contributed by atoms with E-state index in [-0.39, 0.29) is 18.4 Å². The summed E-state index contributed by atoms with van der Waals surface area (Å²) in [7, 11) is 0.365. The first-order valence-corrected chi connectivity index (χ1v) is 28.9. The SMILES string of the molecule is C=[C]([C@H](OCOC)[C@H](O)[C@H](CO[Si](c1ccccc1)(c1ccccc1)C(C)(C)C)OCc1ccc(OC)cc1)[Sn]([CH2]CCC)([CH2]CCC)[CH2]CCC. The second-order valence-corrected chi connectivity index (χ2v) is 33.0. The van der Waals surface area contributed by atoms with Gasteiger partial charge in [-0.05, 0) is 0 Å². The summed E-state index contributed by atoms with van der Waals surface area (Å²) >= 11 is -3.11. The van der Waals surface area contributed by atoms with Gasteiger partial charge in [0.1, 0.15) is 0 Å². The summed E-state index contributed by atoms with van der Waals surface area (Å²) in [6.07, 6.45) is 4.67. The monoisotopic (exact) mass is 840 g/mol. The zero-order chi connectivity index (χ0) is 38.0. The summed E-state index contributed by atoms with van der Waals surface area (Å²) in [4.78, 5) is 0. The molecular weight excluding hydrogens is 771 g/mol. The summed E-state index contributed by atoms with van der Waals surface area (Å²) in [6.45, 7) is 19.1. The molecule has 3 aromatic rings. The summed E-state index contributed by atoms with van der Waals surface area (Å²) in [5.74, 6) is 0.787. The Morgan fingerprint density at radius 1 is 0.750 bits per heavy atom. The normalized spacial score (nSPS) is 14.2. The van der Waals surface area contributed by atoms with Crippen molar-refractivity contribution in [3.63, 3.8) is 0 Å². The molecule has 0 radical (unpaired) electrons. The van der Waals surface area contributed by atoms with Crippen molar-refractivity contribution in [1.29, 1.82) is 0 Å². The average molecular weight is 840 g/mol. The van der Waals surface area contributed by atoms with Crippen LogP contribution in [0.2, 0.25) is 18.3 Å². The van der Waals surface area contributed by atoms with Crippen LogP contribution < -0.4 is 15.1 Å². The van der Waals surface area contributed by atoms with Crippen LogP contribution in [0.15, 0.2) is 95.1 Å². The van der Waals surface area contributed by atoms with Gasteiger partial charge in [0, 0.05) is 0 Å². The predicted molar refractivity (Wildman–Crippen MR) is 222 cm³/mol. The van der Waals surface area contributed by atoms with E-state index in [1.54, 1.807) is 14.2 Å². The van der Waals surface area contributed by atoms with E-state index >= 15 is 0 Å². The Labute approximate surface area is 321 Å². The summed E-state index contributed by atoms with van der Waals surface area (Å²) < 4.78 is 36.5. The number of unbranched alkanes of at least 4 members (excludes halogenated alkanes) is 3. The number of hydrogen-bond donors (Lipinski definition) is 1. The molecule has 0 saturated carbocycles. The van der Waals surface area contributed by atoms with Crippen molar-refractivity contribution in [1.82, 2.24) is 0 Å². The number of hydrogen-bond acceptors (Lipinski definition) is 6. The molecule has 0 spiro atoms. The molecule has 0 aliphatic carbocycles.